The number of likely N-dealkylation sites (tertiary alicyclic amines) is 1. The second kappa shape index (κ2) is 4.84. The molecule has 2 saturated heterocycles. The molecular weight excluding hydrogens is 216 g/mol. The van der Waals surface area contributed by atoms with Crippen LogP contribution < -0.4 is 5.32 Å². The van der Waals surface area contributed by atoms with E-state index in [9.17, 15) is 0 Å². The molecule has 0 aromatic heterocycles. The van der Waals surface area contributed by atoms with Crippen LogP contribution in [-0.2, 0) is 9.47 Å². The number of hydrogen-bond donors (Lipinski definition) is 1. The first kappa shape index (κ1) is 11.9. The molecule has 0 aromatic carbocycles. The quantitative estimate of drug-likeness (QED) is 0.792. The predicted molar refractivity (Wildman–Crippen MR) is 65.9 cm³/mol. The van der Waals surface area contributed by atoms with Gasteiger partial charge in [0.05, 0.1) is 13.2 Å². The summed E-state index contributed by atoms with van der Waals surface area (Å²) in [5.74, 6) is 0.671. The third kappa shape index (κ3) is 2.65. The zero-order chi connectivity index (χ0) is 11.7. The minimum atomic E-state index is -0.200. The molecule has 98 valence electrons. The molecule has 1 aliphatic carbocycles. The highest BCUT2D eigenvalue weighted by molar-refractivity contribution is 4.87. The van der Waals surface area contributed by atoms with Crippen molar-refractivity contribution in [3.05, 3.63) is 0 Å². The molecule has 0 aromatic rings. The fraction of sp³-hybridized carbons (Fsp3) is 1.00. The lowest BCUT2D eigenvalue weighted by molar-refractivity contribution is -0.179. The SMILES string of the molecule is CN1CC(CNC2CCC3(CC2)OCCO3)C1. The van der Waals surface area contributed by atoms with Gasteiger partial charge in [-0.1, -0.05) is 0 Å². The van der Waals surface area contributed by atoms with Crippen LogP contribution in [0.1, 0.15) is 25.7 Å². The Balaban J connectivity index is 1.37. The van der Waals surface area contributed by atoms with Crippen LogP contribution in [0.4, 0.5) is 0 Å². The van der Waals surface area contributed by atoms with Crippen LogP contribution in [0.15, 0.2) is 0 Å². The molecule has 3 aliphatic rings. The zero-order valence-electron chi connectivity index (χ0n) is 10.8. The lowest BCUT2D eigenvalue weighted by Gasteiger charge is -2.39. The molecule has 1 saturated carbocycles. The van der Waals surface area contributed by atoms with Crippen LogP contribution in [0.25, 0.3) is 0 Å². The Labute approximate surface area is 104 Å². The zero-order valence-corrected chi connectivity index (χ0v) is 10.8. The maximum absolute atomic E-state index is 5.75. The van der Waals surface area contributed by atoms with Crippen LogP contribution in [0.5, 0.6) is 0 Å². The van der Waals surface area contributed by atoms with Crippen molar-refractivity contribution in [1.29, 1.82) is 0 Å². The monoisotopic (exact) mass is 240 g/mol. The first-order chi connectivity index (χ1) is 8.26. The van der Waals surface area contributed by atoms with E-state index < -0.39 is 0 Å². The van der Waals surface area contributed by atoms with Crippen molar-refractivity contribution in [2.24, 2.45) is 5.92 Å². The Hall–Kier alpha value is -0.160. The van der Waals surface area contributed by atoms with Gasteiger partial charge in [0.25, 0.3) is 0 Å². The first-order valence-corrected chi connectivity index (χ1v) is 6.96. The molecule has 2 heterocycles. The Morgan fingerprint density at radius 2 is 1.82 bits per heavy atom. The Bertz CT molecular complexity index is 250. The predicted octanol–water partition coefficient (Wildman–Crippen LogP) is 0.823. The number of nitrogens with one attached hydrogen (secondary N) is 1. The molecule has 0 atom stereocenters. The van der Waals surface area contributed by atoms with Gasteiger partial charge in [0.15, 0.2) is 5.79 Å². The van der Waals surface area contributed by atoms with Crippen LogP contribution in [0.3, 0.4) is 0 Å². The summed E-state index contributed by atoms with van der Waals surface area (Å²) in [5.41, 5.74) is 0. The second-order valence-electron chi connectivity index (χ2n) is 5.88. The highest BCUT2D eigenvalue weighted by Gasteiger charge is 2.40. The summed E-state index contributed by atoms with van der Waals surface area (Å²) < 4.78 is 11.5. The molecule has 3 rings (SSSR count). The van der Waals surface area contributed by atoms with Crippen molar-refractivity contribution in [1.82, 2.24) is 10.2 Å². The maximum atomic E-state index is 5.75. The van der Waals surface area contributed by atoms with Crippen LogP contribution in [0.2, 0.25) is 0 Å². The average Bonchev–Trinajstić information content (AvgIpc) is 2.74. The lowest BCUT2D eigenvalue weighted by Crippen LogP contribution is -2.51. The number of hydrogen-bond acceptors (Lipinski definition) is 4. The molecule has 3 fully saturated rings. The van der Waals surface area contributed by atoms with Crippen molar-refractivity contribution >= 4 is 0 Å². The Morgan fingerprint density at radius 3 is 2.41 bits per heavy atom. The van der Waals surface area contributed by atoms with E-state index in [2.05, 4.69) is 17.3 Å². The lowest BCUT2D eigenvalue weighted by atomic mass is 9.89. The van der Waals surface area contributed by atoms with Crippen molar-refractivity contribution in [3.8, 4) is 0 Å². The van der Waals surface area contributed by atoms with E-state index >= 15 is 0 Å². The van der Waals surface area contributed by atoms with Gasteiger partial charge in [0.2, 0.25) is 0 Å². The van der Waals surface area contributed by atoms with Gasteiger partial charge >= 0.3 is 0 Å². The molecule has 0 bridgehead atoms. The van der Waals surface area contributed by atoms with Gasteiger partial charge in [-0.15, -0.1) is 0 Å². The Kier molecular flexibility index (Phi) is 3.39. The van der Waals surface area contributed by atoms with Gasteiger partial charge in [-0.2, -0.15) is 0 Å². The molecule has 4 heteroatoms. The molecule has 1 N–H and O–H groups in total. The van der Waals surface area contributed by atoms with Gasteiger partial charge < -0.3 is 19.7 Å². The molecular formula is C13H24N2O2. The minimum absolute atomic E-state index is 0.200. The van der Waals surface area contributed by atoms with Crippen LogP contribution in [0, 0.1) is 5.92 Å². The summed E-state index contributed by atoms with van der Waals surface area (Å²) >= 11 is 0. The topological polar surface area (TPSA) is 33.7 Å². The normalized spacial score (nSPS) is 30.9. The fourth-order valence-corrected chi connectivity index (χ4v) is 3.34. The van der Waals surface area contributed by atoms with Crippen LogP contribution >= 0.6 is 0 Å². The Morgan fingerprint density at radius 1 is 1.18 bits per heavy atom. The van der Waals surface area contributed by atoms with Crippen molar-refractivity contribution < 1.29 is 9.47 Å². The van der Waals surface area contributed by atoms with E-state index in [0.29, 0.717) is 6.04 Å². The smallest absolute Gasteiger partial charge is 0.168 e. The molecule has 2 aliphatic heterocycles. The first-order valence-electron chi connectivity index (χ1n) is 6.96. The maximum Gasteiger partial charge on any atom is 0.168 e. The van der Waals surface area contributed by atoms with Gasteiger partial charge in [0.1, 0.15) is 0 Å². The van der Waals surface area contributed by atoms with Crippen molar-refractivity contribution in [2.45, 2.75) is 37.5 Å². The van der Waals surface area contributed by atoms with E-state index in [4.69, 9.17) is 9.47 Å². The molecule has 0 radical (unpaired) electrons. The van der Waals surface area contributed by atoms with Crippen molar-refractivity contribution in [3.63, 3.8) is 0 Å². The van der Waals surface area contributed by atoms with E-state index in [1.807, 2.05) is 0 Å². The van der Waals surface area contributed by atoms with Gasteiger partial charge in [-0.25, -0.2) is 0 Å². The van der Waals surface area contributed by atoms with E-state index in [1.165, 1.54) is 32.5 Å². The standard InChI is InChI=1S/C13H24N2O2/c1-15-9-11(10-15)8-14-12-2-4-13(5-3-12)16-6-7-17-13/h11-12,14H,2-10H2,1H3. The van der Waals surface area contributed by atoms with Crippen LogP contribution in [-0.4, -0.2) is 56.6 Å². The summed E-state index contributed by atoms with van der Waals surface area (Å²) in [6, 6.07) is 0.680. The number of rotatable bonds is 3. The molecule has 4 nitrogen and oxygen atoms in total. The van der Waals surface area contributed by atoms with Gasteiger partial charge in [0, 0.05) is 38.5 Å². The molecule has 17 heavy (non-hydrogen) atoms. The summed E-state index contributed by atoms with van der Waals surface area (Å²) in [5, 5.41) is 3.71. The number of ether oxygens (including phenoxy) is 2. The third-order valence-electron chi connectivity index (χ3n) is 4.40. The largest absolute Gasteiger partial charge is 0.348 e. The molecule has 1 spiro atoms. The minimum Gasteiger partial charge on any atom is -0.348 e. The molecule has 0 amide bonds. The van der Waals surface area contributed by atoms with E-state index in [1.54, 1.807) is 0 Å². The third-order valence-corrected chi connectivity index (χ3v) is 4.40. The second-order valence-corrected chi connectivity index (χ2v) is 5.88. The highest BCUT2D eigenvalue weighted by Crippen LogP contribution is 2.35. The van der Waals surface area contributed by atoms with E-state index in [0.717, 1.165) is 32.0 Å². The summed E-state index contributed by atoms with van der Waals surface area (Å²) in [4.78, 5) is 2.38. The highest BCUT2D eigenvalue weighted by atomic mass is 16.7. The average molecular weight is 240 g/mol. The summed E-state index contributed by atoms with van der Waals surface area (Å²) in [6.45, 7) is 5.27. The number of nitrogens with zero attached hydrogens (tertiary/aromatic N) is 1. The van der Waals surface area contributed by atoms with Crippen molar-refractivity contribution in [2.75, 3.05) is 39.9 Å². The summed E-state index contributed by atoms with van der Waals surface area (Å²) in [7, 11) is 2.19. The summed E-state index contributed by atoms with van der Waals surface area (Å²) in [6.07, 6.45) is 4.52. The van der Waals surface area contributed by atoms with Gasteiger partial charge in [-0.05, 0) is 25.8 Å². The fourth-order valence-electron chi connectivity index (χ4n) is 3.34. The van der Waals surface area contributed by atoms with E-state index in [-0.39, 0.29) is 5.79 Å². The molecule has 0 unspecified atom stereocenters. The van der Waals surface area contributed by atoms with Gasteiger partial charge in [-0.3, -0.25) is 0 Å².